The van der Waals surface area contributed by atoms with Gasteiger partial charge in [-0.15, -0.1) is 0 Å². The minimum absolute atomic E-state index is 0.0163. The molecule has 0 spiro atoms. The van der Waals surface area contributed by atoms with Crippen LogP contribution in [0.4, 0.5) is 10.1 Å². The van der Waals surface area contributed by atoms with Crippen molar-refractivity contribution < 1.29 is 18.8 Å². The number of halogens is 1. The molecule has 1 aromatic heterocycles. The van der Waals surface area contributed by atoms with E-state index in [4.69, 9.17) is 14.5 Å². The largest absolute Gasteiger partial charge is 0.490 e. The Kier molecular flexibility index (Phi) is 8.14. The number of hydrogen-bond acceptors (Lipinski definition) is 7. The van der Waals surface area contributed by atoms with Crippen molar-refractivity contribution in [1.82, 2.24) is 9.66 Å². The van der Waals surface area contributed by atoms with Crippen molar-refractivity contribution in [1.29, 1.82) is 0 Å². The first-order valence-corrected chi connectivity index (χ1v) is 13.3. The van der Waals surface area contributed by atoms with Crippen LogP contribution in [-0.2, 0) is 6.61 Å². The van der Waals surface area contributed by atoms with Gasteiger partial charge in [-0.3, -0.25) is 14.9 Å². The summed E-state index contributed by atoms with van der Waals surface area (Å²) in [5, 5.41) is 17.0. The molecule has 1 aliphatic carbocycles. The van der Waals surface area contributed by atoms with Gasteiger partial charge in [-0.05, 0) is 55.7 Å². The Balaban J connectivity index is 1.54. The van der Waals surface area contributed by atoms with Gasteiger partial charge in [0.05, 0.1) is 28.6 Å². The van der Waals surface area contributed by atoms with Crippen LogP contribution in [0.5, 0.6) is 11.5 Å². The summed E-state index contributed by atoms with van der Waals surface area (Å²) in [6.07, 6.45) is 6.50. The zero-order chi connectivity index (χ0) is 28.1. The minimum Gasteiger partial charge on any atom is -0.490 e. The van der Waals surface area contributed by atoms with E-state index in [1.807, 2.05) is 12.1 Å². The molecule has 10 heteroatoms. The summed E-state index contributed by atoms with van der Waals surface area (Å²) in [5.41, 5.74) is 1.02. The number of nitro groups is 1. The van der Waals surface area contributed by atoms with E-state index >= 15 is 0 Å². The Morgan fingerprint density at radius 3 is 2.58 bits per heavy atom. The summed E-state index contributed by atoms with van der Waals surface area (Å²) in [5.74, 6) is 0.426. The molecule has 0 radical (unpaired) electrons. The van der Waals surface area contributed by atoms with E-state index in [-0.39, 0.29) is 47.7 Å². The van der Waals surface area contributed by atoms with E-state index in [0.717, 1.165) is 32.1 Å². The van der Waals surface area contributed by atoms with Gasteiger partial charge in [0.25, 0.3) is 5.56 Å². The molecule has 0 unspecified atom stereocenters. The quantitative estimate of drug-likeness (QED) is 0.138. The predicted molar refractivity (Wildman–Crippen MR) is 150 cm³/mol. The average Bonchev–Trinajstić information content (AvgIpc) is 2.97. The fraction of sp³-hybridized carbons (Fsp3) is 0.300. The summed E-state index contributed by atoms with van der Waals surface area (Å²) in [4.78, 5) is 29.8. The van der Waals surface area contributed by atoms with Crippen LogP contribution in [0, 0.1) is 15.9 Å². The van der Waals surface area contributed by atoms with Gasteiger partial charge >= 0.3 is 5.69 Å². The number of nitro benzene ring substituents is 1. The van der Waals surface area contributed by atoms with Crippen LogP contribution in [0.2, 0.25) is 0 Å². The van der Waals surface area contributed by atoms with Crippen molar-refractivity contribution in [3.63, 3.8) is 0 Å². The van der Waals surface area contributed by atoms with Crippen LogP contribution in [-0.4, -0.2) is 27.4 Å². The number of benzene rings is 3. The van der Waals surface area contributed by atoms with Crippen molar-refractivity contribution in [2.75, 3.05) is 6.61 Å². The van der Waals surface area contributed by atoms with Crippen molar-refractivity contribution in [2.45, 2.75) is 51.6 Å². The fourth-order valence-corrected chi connectivity index (χ4v) is 4.96. The Morgan fingerprint density at radius 2 is 1.85 bits per heavy atom. The molecule has 9 nitrogen and oxygen atoms in total. The molecule has 0 saturated heterocycles. The van der Waals surface area contributed by atoms with E-state index in [9.17, 15) is 19.3 Å². The molecule has 0 N–H and O–H groups in total. The molecule has 0 amide bonds. The third-order valence-electron chi connectivity index (χ3n) is 6.92. The average molecular weight is 545 g/mol. The van der Waals surface area contributed by atoms with Crippen LogP contribution < -0.4 is 15.0 Å². The highest BCUT2D eigenvalue weighted by Crippen LogP contribution is 2.39. The normalized spacial score (nSPS) is 14.1. The van der Waals surface area contributed by atoms with Crippen LogP contribution in [0.1, 0.15) is 61.9 Å². The maximum absolute atomic E-state index is 13.5. The zero-order valence-electron chi connectivity index (χ0n) is 22.1. The molecular formula is C30H29FN4O5. The van der Waals surface area contributed by atoms with Gasteiger partial charge in [-0.25, -0.2) is 9.37 Å². The minimum atomic E-state index is -0.558. The molecule has 1 fully saturated rings. The Hall–Kier alpha value is -4.60. The van der Waals surface area contributed by atoms with E-state index in [0.29, 0.717) is 27.9 Å². The maximum atomic E-state index is 13.5. The summed E-state index contributed by atoms with van der Waals surface area (Å²) >= 11 is 0. The summed E-state index contributed by atoms with van der Waals surface area (Å²) in [7, 11) is 0. The smallest absolute Gasteiger partial charge is 0.315 e. The molecular weight excluding hydrogens is 515 g/mol. The van der Waals surface area contributed by atoms with Crippen LogP contribution in [0.3, 0.4) is 0 Å². The Morgan fingerprint density at radius 1 is 1.10 bits per heavy atom. The van der Waals surface area contributed by atoms with Gasteiger partial charge in [0.2, 0.25) is 5.75 Å². The van der Waals surface area contributed by atoms with Crippen LogP contribution in [0.15, 0.2) is 70.6 Å². The highest BCUT2D eigenvalue weighted by atomic mass is 19.1. The van der Waals surface area contributed by atoms with Gasteiger partial charge in [-0.1, -0.05) is 43.5 Å². The maximum Gasteiger partial charge on any atom is 0.315 e. The standard InChI is InChI=1S/C30H29FN4O5/c1-2-39-27-17-21(16-26(35(37)38)28(27)40-19-20-12-14-23(31)15-13-20)18-32-34-29(22-8-4-3-5-9-22)33-25-11-7-6-10-24(25)30(34)36/h6-7,10-18,22H,2-5,8-9,19H2,1H3. The molecule has 1 heterocycles. The van der Waals surface area contributed by atoms with Crippen molar-refractivity contribution >= 4 is 22.8 Å². The third-order valence-corrected chi connectivity index (χ3v) is 6.92. The fourth-order valence-electron chi connectivity index (χ4n) is 4.96. The van der Waals surface area contributed by atoms with E-state index in [2.05, 4.69) is 5.10 Å². The third kappa shape index (κ3) is 5.85. The SMILES string of the molecule is CCOc1cc(C=Nn2c(C3CCCCC3)nc3ccccc3c2=O)cc([N+](=O)[O-])c1OCc1ccc(F)cc1. The summed E-state index contributed by atoms with van der Waals surface area (Å²) < 4.78 is 26.1. The molecule has 0 bridgehead atoms. The van der Waals surface area contributed by atoms with Crippen molar-refractivity contribution in [2.24, 2.45) is 5.10 Å². The topological polar surface area (TPSA) is 109 Å². The van der Waals surface area contributed by atoms with Gasteiger partial charge in [0, 0.05) is 17.5 Å². The first-order chi connectivity index (χ1) is 19.4. The molecule has 5 rings (SSSR count). The highest BCUT2D eigenvalue weighted by Gasteiger charge is 2.24. The molecule has 0 aliphatic heterocycles. The van der Waals surface area contributed by atoms with Gasteiger partial charge in [0.15, 0.2) is 5.75 Å². The number of aromatic nitrogens is 2. The van der Waals surface area contributed by atoms with E-state index < -0.39 is 4.92 Å². The molecule has 206 valence electrons. The van der Waals surface area contributed by atoms with Crippen molar-refractivity contribution in [3.05, 3.63) is 104 Å². The number of hydrogen-bond donors (Lipinski definition) is 0. The molecule has 1 aliphatic rings. The monoisotopic (exact) mass is 544 g/mol. The second kappa shape index (κ2) is 12.1. The molecule has 40 heavy (non-hydrogen) atoms. The van der Waals surface area contributed by atoms with Gasteiger partial charge in [-0.2, -0.15) is 9.78 Å². The lowest BCUT2D eigenvalue weighted by molar-refractivity contribution is -0.386. The van der Waals surface area contributed by atoms with Gasteiger partial charge in [0.1, 0.15) is 18.2 Å². The highest BCUT2D eigenvalue weighted by molar-refractivity contribution is 5.83. The number of nitrogens with zero attached hydrogens (tertiary/aromatic N) is 4. The van der Waals surface area contributed by atoms with E-state index in [1.165, 1.54) is 29.1 Å². The number of ether oxygens (including phenoxy) is 2. The Bertz CT molecular complexity index is 1610. The Labute approximate surface area is 230 Å². The summed E-state index contributed by atoms with van der Waals surface area (Å²) in [6.45, 7) is 1.98. The first-order valence-electron chi connectivity index (χ1n) is 13.3. The number of para-hydroxylation sites is 1. The van der Waals surface area contributed by atoms with Gasteiger partial charge < -0.3 is 9.47 Å². The molecule has 1 saturated carbocycles. The second-order valence-electron chi connectivity index (χ2n) is 9.66. The number of fused-ring (bicyclic) bond motifs is 1. The lowest BCUT2D eigenvalue weighted by atomic mass is 9.88. The van der Waals surface area contributed by atoms with E-state index in [1.54, 1.807) is 37.3 Å². The lowest BCUT2D eigenvalue weighted by Gasteiger charge is -2.22. The molecule has 4 aromatic rings. The molecule has 0 atom stereocenters. The first kappa shape index (κ1) is 27.0. The number of rotatable bonds is 9. The predicted octanol–water partition coefficient (Wildman–Crippen LogP) is 6.35. The van der Waals surface area contributed by atoms with Crippen LogP contribution in [0.25, 0.3) is 10.9 Å². The summed E-state index contributed by atoms with van der Waals surface area (Å²) in [6, 6.07) is 15.7. The van der Waals surface area contributed by atoms with Crippen LogP contribution >= 0.6 is 0 Å². The second-order valence-corrected chi connectivity index (χ2v) is 9.66. The lowest BCUT2D eigenvalue weighted by Crippen LogP contribution is -2.25. The molecule has 3 aromatic carbocycles. The zero-order valence-corrected chi connectivity index (χ0v) is 22.1. The van der Waals surface area contributed by atoms with Crippen molar-refractivity contribution in [3.8, 4) is 11.5 Å².